The Kier molecular flexibility index (Phi) is 5.03. The molecule has 1 fully saturated rings. The van der Waals surface area contributed by atoms with E-state index in [9.17, 15) is 31.1 Å². The smallest absolute Gasteiger partial charge is 0.395 e. The van der Waals surface area contributed by atoms with E-state index in [1.807, 2.05) is 0 Å². The molecule has 1 heterocycles. The van der Waals surface area contributed by atoms with Crippen molar-refractivity contribution in [2.45, 2.75) is 36.9 Å². The van der Waals surface area contributed by atoms with E-state index < -0.39 is 45.1 Å². The van der Waals surface area contributed by atoms with Crippen molar-refractivity contribution in [2.75, 3.05) is 13.2 Å². The van der Waals surface area contributed by atoms with Crippen LogP contribution in [0, 0.1) is 11.7 Å². The number of nitrogens with zero attached hydrogens (tertiary/aromatic N) is 1. The van der Waals surface area contributed by atoms with Gasteiger partial charge in [0.1, 0.15) is 10.7 Å². The third-order valence-electron chi connectivity index (χ3n) is 4.10. The highest BCUT2D eigenvalue weighted by Crippen LogP contribution is 2.34. The Bertz CT molecular complexity index is 675. The molecule has 1 aliphatic heterocycles. The van der Waals surface area contributed by atoms with Crippen molar-refractivity contribution in [3.05, 3.63) is 29.6 Å². The predicted octanol–water partition coefficient (Wildman–Crippen LogP) is 2.63. The van der Waals surface area contributed by atoms with Gasteiger partial charge in [-0.1, -0.05) is 6.92 Å². The van der Waals surface area contributed by atoms with Crippen molar-refractivity contribution in [2.24, 2.45) is 5.92 Å². The highest BCUT2D eigenvalue weighted by atomic mass is 32.2. The van der Waals surface area contributed by atoms with Crippen molar-refractivity contribution in [1.29, 1.82) is 0 Å². The summed E-state index contributed by atoms with van der Waals surface area (Å²) >= 11 is 0. The summed E-state index contributed by atoms with van der Waals surface area (Å²) in [5.74, 6) is -1.41. The zero-order valence-corrected chi connectivity index (χ0v) is 13.2. The van der Waals surface area contributed by atoms with Gasteiger partial charge in [0, 0.05) is 6.54 Å². The van der Waals surface area contributed by atoms with Crippen LogP contribution in [0.3, 0.4) is 0 Å². The minimum Gasteiger partial charge on any atom is -0.395 e. The first-order valence-corrected chi connectivity index (χ1v) is 8.52. The van der Waals surface area contributed by atoms with Gasteiger partial charge in [-0.05, 0) is 37.0 Å². The number of piperidine rings is 1. The van der Waals surface area contributed by atoms with Crippen molar-refractivity contribution < 1.29 is 31.1 Å². The SMILES string of the molecule is C[C@@H]1CCCN(S(=O)(=O)c2cc(C(F)(F)F)ccc2F)[C@H]1CO. The van der Waals surface area contributed by atoms with Crippen LogP contribution in [0.4, 0.5) is 17.6 Å². The molecule has 9 heteroatoms. The molecule has 1 saturated heterocycles. The Labute approximate surface area is 131 Å². The van der Waals surface area contributed by atoms with Gasteiger partial charge in [0.2, 0.25) is 10.0 Å². The maximum atomic E-state index is 13.9. The number of hydrogen-bond acceptors (Lipinski definition) is 3. The van der Waals surface area contributed by atoms with Crippen LogP contribution in [-0.2, 0) is 16.2 Å². The Morgan fingerprint density at radius 3 is 2.57 bits per heavy atom. The first kappa shape index (κ1) is 18.2. The molecule has 0 unspecified atom stereocenters. The van der Waals surface area contributed by atoms with E-state index in [0.717, 1.165) is 4.31 Å². The van der Waals surface area contributed by atoms with Gasteiger partial charge in [0.05, 0.1) is 18.2 Å². The normalized spacial score (nSPS) is 23.9. The third-order valence-corrected chi connectivity index (χ3v) is 6.04. The molecule has 1 N–H and O–H groups in total. The second-order valence-electron chi connectivity index (χ2n) is 5.63. The summed E-state index contributed by atoms with van der Waals surface area (Å²) in [7, 11) is -4.47. The lowest BCUT2D eigenvalue weighted by Gasteiger charge is -2.38. The number of aliphatic hydroxyl groups is 1. The van der Waals surface area contributed by atoms with Gasteiger partial charge in [-0.25, -0.2) is 12.8 Å². The molecule has 0 spiro atoms. The summed E-state index contributed by atoms with van der Waals surface area (Å²) in [5.41, 5.74) is -1.23. The summed E-state index contributed by atoms with van der Waals surface area (Å²) in [6.45, 7) is 1.31. The van der Waals surface area contributed by atoms with E-state index in [2.05, 4.69) is 0 Å². The van der Waals surface area contributed by atoms with Crippen LogP contribution in [0.1, 0.15) is 25.3 Å². The Morgan fingerprint density at radius 2 is 2.00 bits per heavy atom. The molecule has 2 atom stereocenters. The first-order valence-electron chi connectivity index (χ1n) is 7.08. The van der Waals surface area contributed by atoms with Gasteiger partial charge in [-0.15, -0.1) is 0 Å². The van der Waals surface area contributed by atoms with E-state index >= 15 is 0 Å². The van der Waals surface area contributed by atoms with Crippen LogP contribution in [0.5, 0.6) is 0 Å². The fraction of sp³-hybridized carbons (Fsp3) is 0.571. The lowest BCUT2D eigenvalue weighted by Crippen LogP contribution is -2.49. The standard InChI is InChI=1S/C14H17F4NO3S/c1-9-3-2-6-19(12(9)8-20)23(21,22)13-7-10(14(16,17)18)4-5-11(13)15/h4-5,7,9,12,20H,2-3,6,8H2,1H3/t9-,12+/m1/s1. The van der Waals surface area contributed by atoms with E-state index in [1.165, 1.54) is 0 Å². The van der Waals surface area contributed by atoms with Crippen LogP contribution >= 0.6 is 0 Å². The molecule has 1 aromatic rings. The number of sulfonamides is 1. The minimum absolute atomic E-state index is 0.0353. The molecule has 4 nitrogen and oxygen atoms in total. The number of hydrogen-bond donors (Lipinski definition) is 1. The van der Waals surface area contributed by atoms with Gasteiger partial charge in [-0.3, -0.25) is 0 Å². The molecule has 0 amide bonds. The summed E-state index contributed by atoms with van der Waals surface area (Å²) in [4.78, 5) is -1.01. The van der Waals surface area contributed by atoms with Crippen LogP contribution in [0.15, 0.2) is 23.1 Å². The maximum Gasteiger partial charge on any atom is 0.416 e. The van der Waals surface area contributed by atoms with Crippen LogP contribution < -0.4 is 0 Å². The molecule has 1 aliphatic rings. The largest absolute Gasteiger partial charge is 0.416 e. The van der Waals surface area contributed by atoms with Crippen LogP contribution in [-0.4, -0.2) is 37.0 Å². The van der Waals surface area contributed by atoms with Gasteiger partial charge >= 0.3 is 6.18 Å². The number of alkyl halides is 3. The Hall–Kier alpha value is -1.19. The maximum absolute atomic E-state index is 13.9. The van der Waals surface area contributed by atoms with Crippen LogP contribution in [0.25, 0.3) is 0 Å². The van der Waals surface area contributed by atoms with Crippen molar-refractivity contribution in [3.63, 3.8) is 0 Å². The zero-order chi connectivity index (χ0) is 17.4. The second kappa shape index (κ2) is 6.37. The summed E-state index contributed by atoms with van der Waals surface area (Å²) in [6.07, 6.45) is -3.59. The number of rotatable bonds is 3. The van der Waals surface area contributed by atoms with E-state index in [-0.39, 0.29) is 12.5 Å². The predicted molar refractivity (Wildman–Crippen MR) is 74.6 cm³/mol. The molecule has 0 saturated carbocycles. The Balaban J connectivity index is 2.51. The highest BCUT2D eigenvalue weighted by Gasteiger charge is 2.39. The van der Waals surface area contributed by atoms with E-state index in [1.54, 1.807) is 6.92 Å². The van der Waals surface area contributed by atoms with E-state index in [4.69, 9.17) is 0 Å². The topological polar surface area (TPSA) is 57.6 Å². The average Bonchev–Trinajstić information content (AvgIpc) is 2.45. The van der Waals surface area contributed by atoms with Crippen molar-refractivity contribution >= 4 is 10.0 Å². The third kappa shape index (κ3) is 3.51. The van der Waals surface area contributed by atoms with Gasteiger partial charge in [0.15, 0.2) is 0 Å². The molecule has 0 bridgehead atoms. The Morgan fingerprint density at radius 1 is 1.35 bits per heavy atom. The number of benzene rings is 1. The summed E-state index contributed by atoms with van der Waals surface area (Å²) < 4.78 is 78.3. The molecular weight excluding hydrogens is 338 g/mol. The van der Waals surface area contributed by atoms with E-state index in [0.29, 0.717) is 31.0 Å². The molecule has 0 aromatic heterocycles. The fourth-order valence-electron chi connectivity index (χ4n) is 2.78. The number of halogens is 4. The van der Waals surface area contributed by atoms with Gasteiger partial charge in [-0.2, -0.15) is 17.5 Å². The van der Waals surface area contributed by atoms with Crippen molar-refractivity contribution in [3.8, 4) is 0 Å². The molecule has 0 radical (unpaired) electrons. The molecule has 130 valence electrons. The monoisotopic (exact) mass is 355 g/mol. The second-order valence-corrected chi connectivity index (χ2v) is 7.49. The molecule has 2 rings (SSSR count). The summed E-state index contributed by atoms with van der Waals surface area (Å²) in [6, 6.07) is 0.522. The lowest BCUT2D eigenvalue weighted by molar-refractivity contribution is -0.137. The quantitative estimate of drug-likeness (QED) is 0.848. The number of aliphatic hydroxyl groups excluding tert-OH is 1. The van der Waals surface area contributed by atoms with Crippen LogP contribution in [0.2, 0.25) is 0 Å². The first-order chi connectivity index (χ1) is 10.6. The molecule has 23 heavy (non-hydrogen) atoms. The lowest BCUT2D eigenvalue weighted by atomic mass is 9.93. The molecule has 0 aliphatic carbocycles. The molecular formula is C14H17F4NO3S. The fourth-order valence-corrected chi connectivity index (χ4v) is 4.63. The minimum atomic E-state index is -4.77. The zero-order valence-electron chi connectivity index (χ0n) is 12.3. The highest BCUT2D eigenvalue weighted by molar-refractivity contribution is 7.89. The average molecular weight is 355 g/mol. The molecule has 1 aromatic carbocycles. The summed E-state index contributed by atoms with van der Waals surface area (Å²) in [5, 5.41) is 9.42. The van der Waals surface area contributed by atoms with Crippen molar-refractivity contribution in [1.82, 2.24) is 4.31 Å². The van der Waals surface area contributed by atoms with Gasteiger partial charge < -0.3 is 5.11 Å². The van der Waals surface area contributed by atoms with Gasteiger partial charge in [0.25, 0.3) is 0 Å².